The third-order valence-corrected chi connectivity index (χ3v) is 3.25. The fourth-order valence-corrected chi connectivity index (χ4v) is 2.08. The molecule has 0 aliphatic rings. The van der Waals surface area contributed by atoms with Crippen LogP contribution in [0.4, 0.5) is 20.2 Å². The first-order valence-corrected chi connectivity index (χ1v) is 6.49. The number of nitrogens with one attached hydrogen (secondary N) is 1. The van der Waals surface area contributed by atoms with Crippen molar-refractivity contribution in [3.8, 4) is 0 Å². The van der Waals surface area contributed by atoms with Gasteiger partial charge in [-0.25, -0.2) is 8.78 Å². The van der Waals surface area contributed by atoms with E-state index in [-0.39, 0.29) is 10.7 Å². The summed E-state index contributed by atoms with van der Waals surface area (Å²) < 4.78 is 27.7. The second kappa shape index (κ2) is 5.73. The Balaban J connectivity index is 2.51. The molecular formula is C14H11ClF2N2S. The van der Waals surface area contributed by atoms with E-state index in [0.717, 1.165) is 0 Å². The van der Waals surface area contributed by atoms with Gasteiger partial charge in [-0.2, -0.15) is 0 Å². The van der Waals surface area contributed by atoms with E-state index in [4.69, 9.17) is 29.6 Å². The molecule has 6 heteroatoms. The summed E-state index contributed by atoms with van der Waals surface area (Å²) in [5, 5.41) is 3.12. The fraction of sp³-hybridized carbons (Fsp3) is 0.0714. The van der Waals surface area contributed by atoms with Gasteiger partial charge in [0, 0.05) is 16.3 Å². The summed E-state index contributed by atoms with van der Waals surface area (Å²) in [7, 11) is 0. The first kappa shape index (κ1) is 14.7. The molecule has 0 unspecified atom stereocenters. The highest BCUT2D eigenvalue weighted by molar-refractivity contribution is 7.80. The van der Waals surface area contributed by atoms with Crippen LogP contribution in [0.3, 0.4) is 0 Å². The average Bonchev–Trinajstić information content (AvgIpc) is 2.40. The lowest BCUT2D eigenvalue weighted by atomic mass is 10.1. The van der Waals surface area contributed by atoms with Gasteiger partial charge in [0.15, 0.2) is 5.82 Å². The fourth-order valence-electron chi connectivity index (χ4n) is 1.74. The Bertz CT molecular complexity index is 689. The quantitative estimate of drug-likeness (QED) is 0.830. The molecule has 104 valence electrons. The third-order valence-electron chi connectivity index (χ3n) is 2.79. The van der Waals surface area contributed by atoms with Crippen LogP contribution in [-0.4, -0.2) is 4.99 Å². The molecule has 3 N–H and O–H groups in total. The lowest BCUT2D eigenvalue weighted by Gasteiger charge is -2.14. The van der Waals surface area contributed by atoms with Gasteiger partial charge in [-0.3, -0.25) is 0 Å². The number of hydrogen-bond acceptors (Lipinski definition) is 2. The second-order valence-electron chi connectivity index (χ2n) is 4.23. The average molecular weight is 313 g/mol. The number of halogens is 3. The van der Waals surface area contributed by atoms with E-state index in [1.54, 1.807) is 19.1 Å². The molecule has 0 saturated carbocycles. The van der Waals surface area contributed by atoms with Crippen LogP contribution in [0.2, 0.25) is 5.02 Å². The van der Waals surface area contributed by atoms with E-state index in [9.17, 15) is 8.78 Å². The number of aryl methyl sites for hydroxylation is 1. The van der Waals surface area contributed by atoms with Crippen LogP contribution in [0.15, 0.2) is 30.3 Å². The topological polar surface area (TPSA) is 38.0 Å². The van der Waals surface area contributed by atoms with Crippen molar-refractivity contribution in [2.75, 3.05) is 5.32 Å². The van der Waals surface area contributed by atoms with Crippen molar-refractivity contribution in [1.29, 1.82) is 0 Å². The molecule has 0 aliphatic heterocycles. The van der Waals surface area contributed by atoms with Gasteiger partial charge in [0.1, 0.15) is 16.5 Å². The van der Waals surface area contributed by atoms with Crippen LogP contribution in [0, 0.1) is 18.6 Å². The van der Waals surface area contributed by atoms with Crippen molar-refractivity contribution in [1.82, 2.24) is 0 Å². The number of rotatable bonds is 3. The number of thiocarbonyl (C=S) groups is 1. The lowest BCUT2D eigenvalue weighted by Crippen LogP contribution is -2.12. The molecular weight excluding hydrogens is 302 g/mol. The maximum Gasteiger partial charge on any atom is 0.152 e. The number of anilines is 2. The third kappa shape index (κ3) is 2.89. The number of nitrogens with two attached hydrogens (primary N) is 1. The molecule has 20 heavy (non-hydrogen) atoms. The molecule has 0 amide bonds. The summed E-state index contributed by atoms with van der Waals surface area (Å²) in [6.07, 6.45) is 0. The highest BCUT2D eigenvalue weighted by Gasteiger charge is 2.14. The predicted molar refractivity (Wildman–Crippen MR) is 81.7 cm³/mol. The lowest BCUT2D eigenvalue weighted by molar-refractivity contribution is 0.585. The highest BCUT2D eigenvalue weighted by Crippen LogP contribution is 2.28. The maximum atomic E-state index is 14.0. The van der Waals surface area contributed by atoms with Crippen molar-refractivity contribution in [2.24, 2.45) is 5.73 Å². The van der Waals surface area contributed by atoms with E-state index in [1.807, 2.05) is 0 Å². The maximum absolute atomic E-state index is 14.0. The van der Waals surface area contributed by atoms with Crippen molar-refractivity contribution in [3.05, 3.63) is 58.1 Å². The van der Waals surface area contributed by atoms with Gasteiger partial charge < -0.3 is 11.1 Å². The summed E-state index contributed by atoms with van der Waals surface area (Å²) in [6, 6.07) is 7.25. The zero-order chi connectivity index (χ0) is 14.9. The molecule has 0 bridgehead atoms. The van der Waals surface area contributed by atoms with E-state index in [2.05, 4.69) is 5.32 Å². The largest absolute Gasteiger partial charge is 0.389 e. The van der Waals surface area contributed by atoms with E-state index in [0.29, 0.717) is 21.8 Å². The van der Waals surface area contributed by atoms with Crippen LogP contribution < -0.4 is 11.1 Å². The summed E-state index contributed by atoms with van der Waals surface area (Å²) in [5.41, 5.74) is 6.49. The van der Waals surface area contributed by atoms with Gasteiger partial charge in [0.05, 0.1) is 0 Å². The Morgan fingerprint density at radius 2 is 1.95 bits per heavy atom. The van der Waals surface area contributed by atoms with Crippen molar-refractivity contribution >= 4 is 40.2 Å². The van der Waals surface area contributed by atoms with Crippen LogP contribution in [0.25, 0.3) is 0 Å². The monoisotopic (exact) mass is 312 g/mol. The molecule has 0 atom stereocenters. The smallest absolute Gasteiger partial charge is 0.152 e. The Labute approximate surface area is 125 Å². The van der Waals surface area contributed by atoms with Crippen LogP contribution in [0.5, 0.6) is 0 Å². The summed E-state index contributed by atoms with van der Waals surface area (Å²) in [4.78, 5) is 0.0865. The minimum atomic E-state index is -0.697. The Hall–Kier alpha value is -1.72. The molecule has 2 nitrogen and oxygen atoms in total. The normalized spacial score (nSPS) is 10.4. The number of hydrogen-bond donors (Lipinski definition) is 2. The van der Waals surface area contributed by atoms with E-state index < -0.39 is 11.6 Å². The molecule has 0 heterocycles. The van der Waals surface area contributed by atoms with Gasteiger partial charge in [0.25, 0.3) is 0 Å². The van der Waals surface area contributed by atoms with E-state index >= 15 is 0 Å². The van der Waals surface area contributed by atoms with E-state index in [1.165, 1.54) is 18.2 Å². The molecule has 0 spiro atoms. The van der Waals surface area contributed by atoms with Gasteiger partial charge in [-0.15, -0.1) is 0 Å². The Morgan fingerprint density at radius 1 is 1.25 bits per heavy atom. The van der Waals surface area contributed by atoms with Crippen LogP contribution in [-0.2, 0) is 0 Å². The summed E-state index contributed by atoms with van der Waals surface area (Å²) in [5.74, 6) is -1.36. The predicted octanol–water partition coefficient (Wildman–Crippen LogP) is 4.30. The molecule has 2 aromatic rings. The van der Waals surface area contributed by atoms with Crippen molar-refractivity contribution in [3.63, 3.8) is 0 Å². The molecule has 0 radical (unpaired) electrons. The Kier molecular flexibility index (Phi) is 4.20. The van der Waals surface area contributed by atoms with Crippen molar-refractivity contribution in [2.45, 2.75) is 6.92 Å². The minimum Gasteiger partial charge on any atom is -0.389 e. The van der Waals surface area contributed by atoms with Gasteiger partial charge in [0.2, 0.25) is 0 Å². The molecule has 2 aromatic carbocycles. The minimum absolute atomic E-state index is 0.0865. The van der Waals surface area contributed by atoms with Crippen molar-refractivity contribution < 1.29 is 8.78 Å². The molecule has 2 rings (SSSR count). The van der Waals surface area contributed by atoms with Crippen LogP contribution >= 0.6 is 23.8 Å². The highest BCUT2D eigenvalue weighted by atomic mass is 35.5. The summed E-state index contributed by atoms with van der Waals surface area (Å²) in [6.45, 7) is 1.55. The summed E-state index contributed by atoms with van der Waals surface area (Å²) >= 11 is 10.8. The zero-order valence-electron chi connectivity index (χ0n) is 10.5. The number of benzene rings is 2. The van der Waals surface area contributed by atoms with Gasteiger partial charge in [-0.1, -0.05) is 29.9 Å². The molecule has 0 aromatic heterocycles. The van der Waals surface area contributed by atoms with Gasteiger partial charge in [-0.05, 0) is 36.8 Å². The first-order valence-electron chi connectivity index (χ1n) is 5.71. The first-order chi connectivity index (χ1) is 9.40. The SMILES string of the molecule is Cc1ccc(F)c(Nc2ccc(Cl)cc2C(N)=S)c1F. The molecule has 0 fully saturated rings. The standard InChI is InChI=1S/C14H11ClF2N2S/c1-7-2-4-10(16)13(12(7)17)19-11-5-3-8(15)6-9(11)14(18)20/h2-6,19H,1H3,(H2,18,20). The Morgan fingerprint density at radius 3 is 2.60 bits per heavy atom. The molecule has 0 aliphatic carbocycles. The van der Waals surface area contributed by atoms with Gasteiger partial charge >= 0.3 is 0 Å². The zero-order valence-corrected chi connectivity index (χ0v) is 12.1. The second-order valence-corrected chi connectivity index (χ2v) is 5.11. The molecule has 0 saturated heterocycles. The van der Waals surface area contributed by atoms with Crippen LogP contribution in [0.1, 0.15) is 11.1 Å².